The summed E-state index contributed by atoms with van der Waals surface area (Å²) < 4.78 is 41.4. The first-order chi connectivity index (χ1) is 15.1. The second-order valence-corrected chi connectivity index (χ2v) is 8.23. The van der Waals surface area contributed by atoms with Gasteiger partial charge in [0, 0.05) is 25.2 Å². The van der Waals surface area contributed by atoms with Gasteiger partial charge in [-0.3, -0.25) is 14.6 Å². The molecule has 0 aromatic heterocycles. The van der Waals surface area contributed by atoms with Crippen LogP contribution in [0.15, 0.2) is 42.5 Å². The van der Waals surface area contributed by atoms with E-state index >= 15 is 0 Å². The molecule has 0 bridgehead atoms. The van der Waals surface area contributed by atoms with Crippen molar-refractivity contribution >= 4 is 40.7 Å². The predicted octanol–water partition coefficient (Wildman–Crippen LogP) is 4.11. The summed E-state index contributed by atoms with van der Waals surface area (Å²) in [5.74, 6) is -5.09. The number of benzene rings is 2. The Kier molecular flexibility index (Phi) is 5.91. The first-order valence-electron chi connectivity index (χ1n) is 9.87. The third kappa shape index (κ3) is 4.46. The Hall–Kier alpha value is -2.98. The maximum absolute atomic E-state index is 14.0. The third-order valence-corrected chi connectivity index (χ3v) is 5.83. The van der Waals surface area contributed by atoms with E-state index in [-0.39, 0.29) is 23.8 Å². The number of aliphatic carboxylic acids is 1. The summed E-state index contributed by atoms with van der Waals surface area (Å²) in [6.45, 7) is -0.556. The number of carboxylic acid groups (broad SMARTS) is 1. The van der Waals surface area contributed by atoms with E-state index in [0.717, 1.165) is 6.07 Å². The first kappa shape index (κ1) is 22.2. The Bertz CT molecular complexity index is 1050. The van der Waals surface area contributed by atoms with E-state index in [2.05, 4.69) is 10.6 Å². The van der Waals surface area contributed by atoms with Crippen molar-refractivity contribution in [2.75, 3.05) is 35.2 Å². The van der Waals surface area contributed by atoms with E-state index in [1.165, 1.54) is 21.9 Å². The van der Waals surface area contributed by atoms with E-state index in [1.807, 2.05) is 0 Å². The summed E-state index contributed by atoms with van der Waals surface area (Å²) in [4.78, 5) is 27.3. The number of likely N-dealkylation sites (tertiary alicyclic amines) is 1. The molecule has 1 unspecified atom stereocenters. The molecule has 2 aliphatic heterocycles. The molecule has 7 nitrogen and oxygen atoms in total. The summed E-state index contributed by atoms with van der Waals surface area (Å²) >= 11 is 5.80. The Morgan fingerprint density at radius 2 is 2.00 bits per heavy atom. The minimum absolute atomic E-state index is 0.0779. The molecule has 32 heavy (non-hydrogen) atoms. The Labute approximate surface area is 186 Å². The SMILES string of the molecule is O=C(O)[C@@H]1CC(F)(F)CN1CC1CNc2ccccc2N1C(=O)Nc1ccc(F)c(Cl)c1. The highest BCUT2D eigenvalue weighted by atomic mass is 35.5. The number of hydrogen-bond acceptors (Lipinski definition) is 4. The highest BCUT2D eigenvalue weighted by molar-refractivity contribution is 6.31. The number of carboxylic acids is 1. The summed E-state index contributed by atoms with van der Waals surface area (Å²) in [6, 6.07) is 8.13. The highest BCUT2D eigenvalue weighted by Gasteiger charge is 2.49. The Balaban J connectivity index is 1.62. The van der Waals surface area contributed by atoms with Crippen LogP contribution in [-0.2, 0) is 4.79 Å². The van der Waals surface area contributed by atoms with Crippen molar-refractivity contribution in [3.63, 3.8) is 0 Å². The number of carbonyl (C=O) groups is 2. The molecule has 2 atom stereocenters. The van der Waals surface area contributed by atoms with Crippen molar-refractivity contribution in [3.8, 4) is 0 Å². The van der Waals surface area contributed by atoms with E-state index in [9.17, 15) is 27.9 Å². The molecule has 2 heterocycles. The lowest BCUT2D eigenvalue weighted by Gasteiger charge is -2.40. The van der Waals surface area contributed by atoms with Gasteiger partial charge in [0.2, 0.25) is 0 Å². The topological polar surface area (TPSA) is 84.9 Å². The van der Waals surface area contributed by atoms with Crippen molar-refractivity contribution in [1.29, 1.82) is 0 Å². The molecule has 0 aliphatic carbocycles. The molecule has 2 aliphatic rings. The van der Waals surface area contributed by atoms with Crippen LogP contribution < -0.4 is 15.5 Å². The number of anilines is 3. The van der Waals surface area contributed by atoms with Crippen molar-refractivity contribution in [1.82, 2.24) is 4.90 Å². The number of nitrogens with zero attached hydrogens (tertiary/aromatic N) is 2. The van der Waals surface area contributed by atoms with Gasteiger partial charge in [0.05, 0.1) is 29.0 Å². The van der Waals surface area contributed by atoms with E-state index in [0.29, 0.717) is 11.4 Å². The number of carbonyl (C=O) groups excluding carboxylic acids is 1. The third-order valence-electron chi connectivity index (χ3n) is 5.54. The highest BCUT2D eigenvalue weighted by Crippen LogP contribution is 2.36. The zero-order chi connectivity index (χ0) is 23.0. The van der Waals surface area contributed by atoms with Gasteiger partial charge in [-0.2, -0.15) is 0 Å². The number of hydrogen-bond donors (Lipinski definition) is 3. The van der Waals surface area contributed by atoms with Gasteiger partial charge >= 0.3 is 12.0 Å². The number of amides is 2. The van der Waals surface area contributed by atoms with Crippen LogP contribution in [0.5, 0.6) is 0 Å². The minimum atomic E-state index is -3.12. The number of urea groups is 1. The van der Waals surface area contributed by atoms with Gasteiger partial charge in [0.1, 0.15) is 11.9 Å². The monoisotopic (exact) mass is 468 g/mol. The number of nitrogens with one attached hydrogen (secondary N) is 2. The molecule has 1 fully saturated rings. The van der Waals surface area contributed by atoms with Gasteiger partial charge in [0.25, 0.3) is 5.92 Å². The van der Waals surface area contributed by atoms with Gasteiger partial charge in [-0.1, -0.05) is 23.7 Å². The molecule has 2 aromatic rings. The zero-order valence-electron chi connectivity index (χ0n) is 16.7. The average Bonchev–Trinajstić information content (AvgIpc) is 3.05. The fourth-order valence-corrected chi connectivity index (χ4v) is 4.30. The number of halogens is 4. The zero-order valence-corrected chi connectivity index (χ0v) is 17.5. The second-order valence-electron chi connectivity index (χ2n) is 7.82. The summed E-state index contributed by atoms with van der Waals surface area (Å²) in [6.07, 6.45) is -0.778. The number of para-hydroxylation sites is 2. The standard InChI is InChI=1S/C21H20ClF3N4O3/c22-14-7-12(5-6-15(14)23)27-20(32)29-13(9-26-16-3-1-2-4-17(16)29)10-28-11-21(24,25)8-18(28)19(30)31/h1-7,13,18,26H,8-11H2,(H,27,32)(H,30,31)/t13?,18-/m0/s1. The van der Waals surface area contributed by atoms with Crippen LogP contribution >= 0.6 is 11.6 Å². The lowest BCUT2D eigenvalue weighted by molar-refractivity contribution is -0.142. The second kappa shape index (κ2) is 8.51. The summed E-state index contributed by atoms with van der Waals surface area (Å²) in [7, 11) is 0. The van der Waals surface area contributed by atoms with Crippen molar-refractivity contribution < 1.29 is 27.9 Å². The maximum Gasteiger partial charge on any atom is 0.326 e. The molecular weight excluding hydrogens is 449 g/mol. The summed E-state index contributed by atoms with van der Waals surface area (Å²) in [5, 5.41) is 15.0. The molecule has 3 N–H and O–H groups in total. The van der Waals surface area contributed by atoms with Gasteiger partial charge in [-0.05, 0) is 30.3 Å². The van der Waals surface area contributed by atoms with Gasteiger partial charge in [0.15, 0.2) is 0 Å². The Morgan fingerprint density at radius 1 is 1.25 bits per heavy atom. The molecule has 170 valence electrons. The molecule has 2 amide bonds. The number of alkyl halides is 2. The number of fused-ring (bicyclic) bond motifs is 1. The quantitative estimate of drug-likeness (QED) is 0.629. The largest absolute Gasteiger partial charge is 0.480 e. The van der Waals surface area contributed by atoms with Crippen molar-refractivity contribution in [3.05, 3.63) is 53.3 Å². The van der Waals surface area contributed by atoms with Crippen LogP contribution in [0.25, 0.3) is 0 Å². The first-order valence-corrected chi connectivity index (χ1v) is 10.3. The molecule has 2 aromatic carbocycles. The lowest BCUT2D eigenvalue weighted by Crippen LogP contribution is -2.55. The maximum atomic E-state index is 14.0. The Morgan fingerprint density at radius 3 is 2.72 bits per heavy atom. The molecular formula is C21H20ClF3N4O3. The molecule has 1 saturated heterocycles. The van der Waals surface area contributed by atoms with E-state index in [1.54, 1.807) is 24.3 Å². The lowest BCUT2D eigenvalue weighted by atomic mass is 10.1. The fourth-order valence-electron chi connectivity index (χ4n) is 4.12. The van der Waals surface area contributed by atoms with Crippen LogP contribution in [-0.4, -0.2) is 59.6 Å². The van der Waals surface area contributed by atoms with Crippen LogP contribution in [0.2, 0.25) is 5.02 Å². The normalized spacial score (nSPS) is 22.2. The average molecular weight is 469 g/mol. The van der Waals surface area contributed by atoms with Crippen LogP contribution in [0.4, 0.5) is 35.0 Å². The molecule has 0 spiro atoms. The van der Waals surface area contributed by atoms with E-state index in [4.69, 9.17) is 11.6 Å². The predicted molar refractivity (Wildman–Crippen MR) is 114 cm³/mol. The van der Waals surface area contributed by atoms with Gasteiger partial charge in [-0.15, -0.1) is 0 Å². The fraction of sp³-hybridized carbons (Fsp3) is 0.333. The van der Waals surface area contributed by atoms with Crippen LogP contribution in [0.3, 0.4) is 0 Å². The number of rotatable bonds is 4. The smallest absolute Gasteiger partial charge is 0.326 e. The van der Waals surface area contributed by atoms with Crippen LogP contribution in [0, 0.1) is 5.82 Å². The van der Waals surface area contributed by atoms with Gasteiger partial charge in [-0.25, -0.2) is 18.0 Å². The van der Waals surface area contributed by atoms with Crippen molar-refractivity contribution in [2.24, 2.45) is 0 Å². The van der Waals surface area contributed by atoms with Crippen LogP contribution in [0.1, 0.15) is 6.42 Å². The summed E-state index contributed by atoms with van der Waals surface area (Å²) in [5.41, 5.74) is 1.43. The molecule has 4 rings (SSSR count). The molecule has 0 saturated carbocycles. The minimum Gasteiger partial charge on any atom is -0.480 e. The van der Waals surface area contributed by atoms with Gasteiger partial charge < -0.3 is 15.7 Å². The van der Waals surface area contributed by atoms with E-state index < -0.39 is 48.8 Å². The molecule has 0 radical (unpaired) electrons. The van der Waals surface area contributed by atoms with Crippen molar-refractivity contribution in [2.45, 2.75) is 24.4 Å². The molecule has 11 heteroatoms.